The Morgan fingerprint density at radius 3 is 2.06 bits per heavy atom. The van der Waals surface area contributed by atoms with Gasteiger partial charge in [-0.1, -0.05) is 60.7 Å². The normalized spacial score (nSPS) is 12.6. The van der Waals surface area contributed by atoms with Crippen molar-refractivity contribution < 1.29 is 10.3 Å². The van der Waals surface area contributed by atoms with E-state index in [1.165, 1.54) is 0 Å². The molecule has 0 saturated carbocycles. The summed E-state index contributed by atoms with van der Waals surface area (Å²) in [4.78, 5) is 0. The molecule has 0 unspecified atom stereocenters. The predicted molar refractivity (Wildman–Crippen MR) is 68.9 cm³/mol. The number of benzene rings is 2. The molecule has 0 aliphatic heterocycles. The quantitative estimate of drug-likeness (QED) is 0.819. The van der Waals surface area contributed by atoms with Crippen molar-refractivity contribution in [3.05, 3.63) is 71.8 Å². The summed E-state index contributed by atoms with van der Waals surface area (Å²) >= 11 is 0. The molecule has 3 heteroatoms. The van der Waals surface area contributed by atoms with Crippen molar-refractivity contribution >= 4 is 0 Å². The minimum Gasteiger partial charge on any atom is -0.394 e. The Bertz CT molecular complexity index is 458. The molecule has 18 heavy (non-hydrogen) atoms. The van der Waals surface area contributed by atoms with Crippen LogP contribution in [0.4, 0.5) is 0 Å². The lowest BCUT2D eigenvalue weighted by Gasteiger charge is -2.22. The van der Waals surface area contributed by atoms with E-state index in [1.54, 1.807) is 0 Å². The molecule has 0 heterocycles. The first-order chi connectivity index (χ1) is 8.81. The van der Waals surface area contributed by atoms with Gasteiger partial charge in [-0.05, 0) is 11.1 Å². The highest BCUT2D eigenvalue weighted by molar-refractivity contribution is 5.20. The van der Waals surface area contributed by atoms with E-state index in [2.05, 4.69) is 0 Å². The molecular weight excluding hydrogens is 226 g/mol. The van der Waals surface area contributed by atoms with Gasteiger partial charge in [0.1, 0.15) is 0 Å². The minimum atomic E-state index is -0.508. The highest BCUT2D eigenvalue weighted by atomic mass is 16.5. The largest absolute Gasteiger partial charge is 0.394 e. The van der Waals surface area contributed by atoms with E-state index < -0.39 is 6.04 Å². The first-order valence-corrected chi connectivity index (χ1v) is 5.95. The van der Waals surface area contributed by atoms with Gasteiger partial charge in [-0.25, -0.2) is 0 Å². The fraction of sp³-hybridized carbons (Fsp3) is 0.200. The second-order valence-electron chi connectivity index (χ2n) is 4.17. The fourth-order valence-corrected chi connectivity index (χ4v) is 1.91. The zero-order valence-corrected chi connectivity index (χ0v) is 10.1. The van der Waals surface area contributed by atoms with Crippen LogP contribution in [-0.4, -0.2) is 16.8 Å². The van der Waals surface area contributed by atoms with Crippen molar-refractivity contribution in [3.63, 3.8) is 0 Å². The molecule has 1 N–H and O–H groups in total. The summed E-state index contributed by atoms with van der Waals surface area (Å²) < 4.78 is 0. The van der Waals surface area contributed by atoms with Crippen LogP contribution >= 0.6 is 0 Å². The van der Waals surface area contributed by atoms with Crippen LogP contribution in [-0.2, 0) is 11.8 Å². The smallest absolute Gasteiger partial charge is 0.0867 e. The molecule has 2 rings (SSSR count). The number of hydroxylamine groups is 2. The minimum absolute atomic E-state index is 0.180. The Hall–Kier alpha value is -1.68. The van der Waals surface area contributed by atoms with Gasteiger partial charge < -0.3 is 5.11 Å². The summed E-state index contributed by atoms with van der Waals surface area (Å²) in [5, 5.41) is 22.4. The zero-order valence-electron chi connectivity index (χ0n) is 10.1. The van der Waals surface area contributed by atoms with E-state index in [0.717, 1.165) is 16.2 Å². The van der Waals surface area contributed by atoms with E-state index in [1.807, 2.05) is 60.7 Å². The molecule has 0 amide bonds. The van der Waals surface area contributed by atoms with E-state index >= 15 is 0 Å². The van der Waals surface area contributed by atoms with Crippen molar-refractivity contribution in [3.8, 4) is 0 Å². The van der Waals surface area contributed by atoms with Gasteiger partial charge in [-0.2, -0.15) is 0 Å². The average molecular weight is 242 g/mol. The van der Waals surface area contributed by atoms with E-state index in [-0.39, 0.29) is 13.2 Å². The number of aliphatic hydroxyl groups excluding tert-OH is 1. The highest BCUT2D eigenvalue weighted by Crippen LogP contribution is 2.20. The Balaban J connectivity index is 2.09. The number of rotatable bonds is 5. The van der Waals surface area contributed by atoms with Gasteiger partial charge in [-0.15, -0.1) is 10.3 Å². The van der Waals surface area contributed by atoms with E-state index in [0.29, 0.717) is 0 Å². The van der Waals surface area contributed by atoms with Gasteiger partial charge in [-0.3, -0.25) is 0 Å². The van der Waals surface area contributed by atoms with Gasteiger partial charge in [0.05, 0.1) is 19.2 Å². The molecule has 0 aromatic heterocycles. The van der Waals surface area contributed by atoms with Crippen LogP contribution in [0, 0.1) is 0 Å². The molecule has 93 valence electrons. The Morgan fingerprint density at radius 1 is 0.944 bits per heavy atom. The van der Waals surface area contributed by atoms with Crippen LogP contribution in [0.15, 0.2) is 60.7 Å². The first-order valence-electron chi connectivity index (χ1n) is 5.95. The van der Waals surface area contributed by atoms with Gasteiger partial charge in [0.2, 0.25) is 0 Å². The molecule has 0 spiro atoms. The molecule has 0 saturated heterocycles. The summed E-state index contributed by atoms with van der Waals surface area (Å²) in [5.41, 5.74) is 1.79. The Labute approximate surface area is 107 Å². The first kappa shape index (κ1) is 12.8. The lowest BCUT2D eigenvalue weighted by molar-refractivity contribution is -0.204. The molecule has 1 atom stereocenters. The topological polar surface area (TPSA) is 43.4 Å². The number of hydrogen-bond acceptors (Lipinski definition) is 2. The maximum Gasteiger partial charge on any atom is 0.0867 e. The lowest BCUT2D eigenvalue weighted by atomic mass is 10.1. The second-order valence-corrected chi connectivity index (χ2v) is 4.17. The number of aliphatic hydroxyl groups is 1. The van der Waals surface area contributed by atoms with Crippen molar-refractivity contribution in [2.75, 3.05) is 6.61 Å². The summed E-state index contributed by atoms with van der Waals surface area (Å²) in [7, 11) is 0. The summed E-state index contributed by atoms with van der Waals surface area (Å²) in [6.45, 7) is 0.0985. The van der Waals surface area contributed by atoms with Crippen LogP contribution in [0.1, 0.15) is 17.2 Å². The third kappa shape index (κ3) is 3.17. The molecule has 3 nitrogen and oxygen atoms in total. The summed E-state index contributed by atoms with van der Waals surface area (Å²) in [6.07, 6.45) is 0. The highest BCUT2D eigenvalue weighted by Gasteiger charge is 2.19. The predicted octanol–water partition coefficient (Wildman–Crippen LogP) is 2.57. The third-order valence-electron chi connectivity index (χ3n) is 2.89. The average Bonchev–Trinajstić information content (AvgIpc) is 2.42. The molecule has 2 aromatic rings. The molecular formula is C15H16NO2. The van der Waals surface area contributed by atoms with Crippen LogP contribution in [0.5, 0.6) is 0 Å². The fourth-order valence-electron chi connectivity index (χ4n) is 1.91. The summed E-state index contributed by atoms with van der Waals surface area (Å²) in [6, 6.07) is 18.4. The lowest BCUT2D eigenvalue weighted by Crippen LogP contribution is -2.26. The Kier molecular flexibility index (Phi) is 4.47. The molecule has 0 bridgehead atoms. The van der Waals surface area contributed by atoms with Crippen LogP contribution in [0.25, 0.3) is 0 Å². The molecule has 1 radical (unpaired) electrons. The van der Waals surface area contributed by atoms with Crippen molar-refractivity contribution in [1.82, 2.24) is 5.06 Å². The number of nitrogens with zero attached hydrogens (tertiary/aromatic N) is 1. The Morgan fingerprint density at radius 2 is 1.50 bits per heavy atom. The molecule has 0 aliphatic carbocycles. The molecule has 0 aliphatic rings. The van der Waals surface area contributed by atoms with Gasteiger partial charge in [0, 0.05) is 0 Å². The monoisotopic (exact) mass is 242 g/mol. The van der Waals surface area contributed by atoms with Crippen molar-refractivity contribution in [2.24, 2.45) is 0 Å². The van der Waals surface area contributed by atoms with Gasteiger partial charge in [0.25, 0.3) is 0 Å². The van der Waals surface area contributed by atoms with Crippen LogP contribution in [0.2, 0.25) is 0 Å². The zero-order chi connectivity index (χ0) is 12.8. The molecule has 0 fully saturated rings. The van der Waals surface area contributed by atoms with Gasteiger partial charge >= 0.3 is 0 Å². The molecule has 2 aromatic carbocycles. The standard InChI is InChI=1S/C15H16NO2/c17-12-15(14-9-5-2-6-10-14)16(18)11-13-7-3-1-4-8-13/h1-10,15,17H,11-12H2/t15-/m0/s1. The SMILES string of the molecule is [O]N(Cc1ccccc1)[C@@H](CO)c1ccccc1. The van der Waals surface area contributed by atoms with Crippen molar-refractivity contribution in [2.45, 2.75) is 12.6 Å². The van der Waals surface area contributed by atoms with Crippen molar-refractivity contribution in [1.29, 1.82) is 0 Å². The third-order valence-corrected chi connectivity index (χ3v) is 2.89. The van der Waals surface area contributed by atoms with Gasteiger partial charge in [0.15, 0.2) is 0 Å². The summed E-state index contributed by atoms with van der Waals surface area (Å²) in [5.74, 6) is 0. The van der Waals surface area contributed by atoms with E-state index in [4.69, 9.17) is 0 Å². The number of hydrogen-bond donors (Lipinski definition) is 1. The maximum absolute atomic E-state index is 12.1. The van der Waals surface area contributed by atoms with E-state index in [9.17, 15) is 10.3 Å². The van der Waals surface area contributed by atoms with Crippen LogP contribution < -0.4 is 0 Å². The van der Waals surface area contributed by atoms with Crippen LogP contribution in [0.3, 0.4) is 0 Å². The second kappa shape index (κ2) is 6.31. The maximum atomic E-state index is 12.1.